The Morgan fingerprint density at radius 2 is 2.06 bits per heavy atom. The monoisotopic (exact) mass is 240 g/mol. The van der Waals surface area contributed by atoms with Crippen molar-refractivity contribution in [2.45, 2.75) is 64.1 Å². The van der Waals surface area contributed by atoms with Gasteiger partial charge in [-0.15, -0.1) is 0 Å². The van der Waals surface area contributed by atoms with Gasteiger partial charge in [0.25, 0.3) is 0 Å². The summed E-state index contributed by atoms with van der Waals surface area (Å²) >= 11 is 0. The van der Waals surface area contributed by atoms with Crippen molar-refractivity contribution in [2.24, 2.45) is 0 Å². The topological polar surface area (TPSA) is 41.6 Å². The van der Waals surface area contributed by atoms with Gasteiger partial charge in [0.05, 0.1) is 0 Å². The number of nitrogens with zero attached hydrogens (tertiary/aromatic N) is 1. The highest BCUT2D eigenvalue weighted by atomic mass is 16.6. The van der Waals surface area contributed by atoms with Crippen LogP contribution in [0.4, 0.5) is 4.79 Å². The molecule has 1 heterocycles. The molecule has 2 fully saturated rings. The van der Waals surface area contributed by atoms with Gasteiger partial charge in [0.15, 0.2) is 0 Å². The molecule has 1 saturated carbocycles. The molecule has 1 unspecified atom stereocenters. The number of carbonyl (C=O) groups is 1. The molecule has 1 amide bonds. The average molecular weight is 240 g/mol. The predicted octanol–water partition coefficient (Wildman–Crippen LogP) is 2.14. The summed E-state index contributed by atoms with van der Waals surface area (Å²) in [7, 11) is 0. The third-order valence-electron chi connectivity index (χ3n) is 3.54. The van der Waals surface area contributed by atoms with E-state index in [0.29, 0.717) is 6.04 Å². The highest BCUT2D eigenvalue weighted by Gasteiger charge is 2.50. The quantitative estimate of drug-likeness (QED) is 0.804. The molecule has 2 rings (SSSR count). The van der Waals surface area contributed by atoms with E-state index in [1.165, 1.54) is 0 Å². The number of hydrogen-bond acceptors (Lipinski definition) is 3. The second-order valence-electron chi connectivity index (χ2n) is 6.49. The van der Waals surface area contributed by atoms with Crippen molar-refractivity contribution in [2.75, 3.05) is 13.1 Å². The number of hydrogen-bond donors (Lipinski definition) is 1. The van der Waals surface area contributed by atoms with Crippen LogP contribution >= 0.6 is 0 Å². The lowest BCUT2D eigenvalue weighted by Gasteiger charge is -2.36. The van der Waals surface area contributed by atoms with E-state index in [-0.39, 0.29) is 11.6 Å². The summed E-state index contributed by atoms with van der Waals surface area (Å²) in [4.78, 5) is 14.3. The molecule has 98 valence electrons. The van der Waals surface area contributed by atoms with Crippen molar-refractivity contribution in [1.29, 1.82) is 0 Å². The normalized spacial score (nSPS) is 26.7. The van der Waals surface area contributed by atoms with Gasteiger partial charge < -0.3 is 10.1 Å². The van der Waals surface area contributed by atoms with E-state index in [2.05, 4.69) is 12.2 Å². The van der Waals surface area contributed by atoms with Crippen LogP contribution in [0.25, 0.3) is 0 Å². The molecular weight excluding hydrogens is 216 g/mol. The number of amides is 1. The molecule has 0 radical (unpaired) electrons. The lowest BCUT2D eigenvalue weighted by Crippen LogP contribution is -2.50. The molecule has 4 heteroatoms. The Bertz CT molecular complexity index is 299. The summed E-state index contributed by atoms with van der Waals surface area (Å²) in [5.41, 5.74) is -0.369. The first-order valence-electron chi connectivity index (χ1n) is 6.55. The van der Waals surface area contributed by atoms with Gasteiger partial charge in [0.2, 0.25) is 0 Å². The van der Waals surface area contributed by atoms with Crippen molar-refractivity contribution < 1.29 is 9.53 Å². The van der Waals surface area contributed by atoms with Gasteiger partial charge in [0, 0.05) is 18.1 Å². The molecule has 0 spiro atoms. The molecule has 2 aliphatic rings. The summed E-state index contributed by atoms with van der Waals surface area (Å²) in [6.45, 7) is 9.83. The van der Waals surface area contributed by atoms with Gasteiger partial charge in [-0.1, -0.05) is 0 Å². The summed E-state index contributed by atoms with van der Waals surface area (Å²) in [6, 6.07) is 0.303. The first kappa shape index (κ1) is 12.7. The smallest absolute Gasteiger partial charge is 0.411 e. The molecule has 1 N–H and O–H groups in total. The molecule has 0 aromatic heterocycles. The first-order valence-corrected chi connectivity index (χ1v) is 6.55. The SMILES string of the molecule is CC(C)(C)OC(=O)N(C1CCNC1)C1(C)CC1. The van der Waals surface area contributed by atoms with Gasteiger partial charge in [0.1, 0.15) is 5.60 Å². The Labute approximate surface area is 104 Å². The fourth-order valence-corrected chi connectivity index (χ4v) is 2.40. The molecule has 0 bridgehead atoms. The molecule has 1 saturated heterocycles. The van der Waals surface area contributed by atoms with Crippen LogP contribution in [0, 0.1) is 0 Å². The number of carbonyl (C=O) groups excluding carboxylic acids is 1. The zero-order valence-electron chi connectivity index (χ0n) is 11.4. The van der Waals surface area contributed by atoms with E-state index < -0.39 is 5.60 Å². The maximum atomic E-state index is 12.3. The van der Waals surface area contributed by atoms with Crippen molar-refractivity contribution in [3.63, 3.8) is 0 Å². The second kappa shape index (κ2) is 4.16. The van der Waals surface area contributed by atoms with Crippen LogP contribution in [0.15, 0.2) is 0 Å². The summed E-state index contributed by atoms with van der Waals surface area (Å²) in [5.74, 6) is 0. The fourth-order valence-electron chi connectivity index (χ4n) is 2.40. The number of nitrogens with one attached hydrogen (secondary N) is 1. The molecular formula is C13H24N2O2. The maximum Gasteiger partial charge on any atom is 0.411 e. The highest BCUT2D eigenvalue weighted by Crippen LogP contribution is 2.43. The van der Waals surface area contributed by atoms with Crippen molar-refractivity contribution in [3.8, 4) is 0 Å². The van der Waals surface area contributed by atoms with Crippen LogP contribution in [0.3, 0.4) is 0 Å². The van der Waals surface area contributed by atoms with Crippen LogP contribution < -0.4 is 5.32 Å². The molecule has 1 aliphatic heterocycles. The molecule has 1 aliphatic carbocycles. The number of ether oxygens (including phenoxy) is 1. The van der Waals surface area contributed by atoms with E-state index in [0.717, 1.165) is 32.4 Å². The lowest BCUT2D eigenvalue weighted by atomic mass is 10.1. The standard InChI is InChI=1S/C13H24N2O2/c1-12(2,3)17-11(16)15(13(4)6-7-13)10-5-8-14-9-10/h10,14H,5-9H2,1-4H3. The first-order chi connectivity index (χ1) is 7.82. The van der Waals surface area contributed by atoms with Crippen LogP contribution in [0.1, 0.15) is 47.0 Å². The van der Waals surface area contributed by atoms with Gasteiger partial charge in [-0.3, -0.25) is 4.90 Å². The van der Waals surface area contributed by atoms with Gasteiger partial charge >= 0.3 is 6.09 Å². The minimum Gasteiger partial charge on any atom is -0.444 e. The minimum atomic E-state index is -0.410. The summed E-state index contributed by atoms with van der Waals surface area (Å²) < 4.78 is 5.54. The lowest BCUT2D eigenvalue weighted by molar-refractivity contribution is 0.00521. The minimum absolute atomic E-state index is 0.0407. The van der Waals surface area contributed by atoms with E-state index in [4.69, 9.17) is 4.74 Å². The maximum absolute atomic E-state index is 12.3. The third-order valence-corrected chi connectivity index (χ3v) is 3.54. The Hall–Kier alpha value is -0.770. The van der Waals surface area contributed by atoms with E-state index in [1.54, 1.807) is 0 Å². The van der Waals surface area contributed by atoms with Crippen LogP contribution in [0.5, 0.6) is 0 Å². The molecule has 4 nitrogen and oxygen atoms in total. The van der Waals surface area contributed by atoms with E-state index >= 15 is 0 Å². The zero-order valence-corrected chi connectivity index (χ0v) is 11.4. The Balaban J connectivity index is 2.07. The van der Waals surface area contributed by atoms with Gasteiger partial charge in [-0.2, -0.15) is 0 Å². The second-order valence-corrected chi connectivity index (χ2v) is 6.49. The third kappa shape index (κ3) is 2.92. The summed E-state index contributed by atoms with van der Waals surface area (Å²) in [6.07, 6.45) is 3.09. The van der Waals surface area contributed by atoms with Gasteiger partial charge in [-0.05, 0) is 53.5 Å². The molecule has 1 atom stereocenters. The fraction of sp³-hybridized carbons (Fsp3) is 0.923. The zero-order chi connectivity index (χ0) is 12.7. The van der Waals surface area contributed by atoms with E-state index in [1.807, 2.05) is 25.7 Å². The highest BCUT2D eigenvalue weighted by molar-refractivity contribution is 5.70. The largest absolute Gasteiger partial charge is 0.444 e. The van der Waals surface area contributed by atoms with Crippen molar-refractivity contribution >= 4 is 6.09 Å². The van der Waals surface area contributed by atoms with E-state index in [9.17, 15) is 4.79 Å². The van der Waals surface area contributed by atoms with Crippen molar-refractivity contribution in [3.05, 3.63) is 0 Å². The van der Waals surface area contributed by atoms with Gasteiger partial charge in [-0.25, -0.2) is 4.79 Å². The molecule has 0 aromatic carbocycles. The number of rotatable bonds is 2. The predicted molar refractivity (Wildman–Crippen MR) is 67.0 cm³/mol. The van der Waals surface area contributed by atoms with Crippen LogP contribution in [-0.2, 0) is 4.74 Å². The molecule has 17 heavy (non-hydrogen) atoms. The van der Waals surface area contributed by atoms with Crippen LogP contribution in [-0.4, -0.2) is 41.3 Å². The average Bonchev–Trinajstić information content (AvgIpc) is 2.71. The Kier molecular flexibility index (Phi) is 3.10. The van der Waals surface area contributed by atoms with Crippen LogP contribution in [0.2, 0.25) is 0 Å². The molecule has 0 aromatic rings. The Morgan fingerprint density at radius 1 is 1.41 bits per heavy atom. The summed E-state index contributed by atoms with van der Waals surface area (Å²) in [5, 5.41) is 3.32. The van der Waals surface area contributed by atoms with Crippen molar-refractivity contribution in [1.82, 2.24) is 10.2 Å². The Morgan fingerprint density at radius 3 is 2.47 bits per heavy atom.